The van der Waals surface area contributed by atoms with Crippen LogP contribution >= 0.6 is 0 Å². The summed E-state index contributed by atoms with van der Waals surface area (Å²) in [4.78, 5) is 21.8. The van der Waals surface area contributed by atoms with Gasteiger partial charge in [-0.1, -0.05) is 0 Å². The van der Waals surface area contributed by atoms with E-state index in [1.165, 1.54) is 12.1 Å². The molecular weight excluding hydrogens is 299 g/mol. The molecular formula is C13H17FN2O6. The van der Waals surface area contributed by atoms with Gasteiger partial charge in [0.15, 0.2) is 11.4 Å². The fraction of sp³-hybridized carbons (Fsp3) is 0.462. The lowest BCUT2D eigenvalue weighted by Crippen LogP contribution is -2.38. The zero-order valence-corrected chi connectivity index (χ0v) is 11.6. The number of carboxylic acids is 2. The molecule has 22 heavy (non-hydrogen) atoms. The van der Waals surface area contributed by atoms with Crippen LogP contribution in [0.15, 0.2) is 18.3 Å². The second-order valence-electron chi connectivity index (χ2n) is 4.64. The summed E-state index contributed by atoms with van der Waals surface area (Å²) in [5.74, 6) is -3.50. The molecule has 0 aliphatic rings. The van der Waals surface area contributed by atoms with Gasteiger partial charge in [-0.3, -0.25) is 9.59 Å². The topological polar surface area (TPSA) is 137 Å². The van der Waals surface area contributed by atoms with Crippen molar-refractivity contribution < 1.29 is 33.7 Å². The number of alkyl halides is 1. The van der Waals surface area contributed by atoms with Gasteiger partial charge in [0.25, 0.3) is 0 Å². The quantitative estimate of drug-likeness (QED) is 0.420. The average molecular weight is 316 g/mol. The lowest BCUT2D eigenvalue weighted by atomic mass is 9.95. The molecule has 8 nitrogen and oxygen atoms in total. The largest absolute Gasteiger partial charge is 0.618 e. The van der Waals surface area contributed by atoms with Crippen molar-refractivity contribution in [2.45, 2.75) is 18.9 Å². The van der Waals surface area contributed by atoms with E-state index in [4.69, 9.17) is 20.7 Å². The zero-order chi connectivity index (χ0) is 16.7. The maximum Gasteiger partial charge on any atom is 0.320 e. The molecule has 0 spiro atoms. The van der Waals surface area contributed by atoms with Gasteiger partial charge in [0.05, 0.1) is 5.92 Å². The third-order valence-corrected chi connectivity index (χ3v) is 2.97. The van der Waals surface area contributed by atoms with Gasteiger partial charge in [0.1, 0.15) is 19.3 Å². The number of nitrogens with zero attached hydrogens (tertiary/aromatic N) is 1. The van der Waals surface area contributed by atoms with Crippen molar-refractivity contribution in [1.82, 2.24) is 0 Å². The summed E-state index contributed by atoms with van der Waals surface area (Å²) in [6.45, 7) is -0.890. The van der Waals surface area contributed by atoms with E-state index >= 15 is 0 Å². The van der Waals surface area contributed by atoms with E-state index < -0.39 is 30.6 Å². The molecule has 0 bridgehead atoms. The summed E-state index contributed by atoms with van der Waals surface area (Å²) in [5, 5.41) is 29.6. The second-order valence-corrected chi connectivity index (χ2v) is 4.64. The van der Waals surface area contributed by atoms with Gasteiger partial charge in [-0.25, -0.2) is 4.39 Å². The molecule has 0 unspecified atom stereocenters. The van der Waals surface area contributed by atoms with Crippen LogP contribution in [-0.2, 0) is 16.0 Å². The van der Waals surface area contributed by atoms with E-state index in [1.54, 1.807) is 0 Å². The number of aliphatic carboxylic acids is 2. The number of nitrogens with two attached hydrogens (primary N) is 1. The molecule has 1 aromatic heterocycles. The smallest absolute Gasteiger partial charge is 0.320 e. The van der Waals surface area contributed by atoms with Crippen LogP contribution in [0.1, 0.15) is 12.1 Å². The summed E-state index contributed by atoms with van der Waals surface area (Å²) in [5.41, 5.74) is 5.45. The molecule has 4 N–H and O–H groups in total. The Hall–Kier alpha value is -2.42. The van der Waals surface area contributed by atoms with Gasteiger partial charge in [0.2, 0.25) is 6.20 Å². The highest BCUT2D eigenvalue weighted by Crippen LogP contribution is 2.15. The van der Waals surface area contributed by atoms with Crippen LogP contribution in [0, 0.1) is 11.1 Å². The second kappa shape index (κ2) is 8.13. The van der Waals surface area contributed by atoms with Gasteiger partial charge in [-0.05, 0) is 12.5 Å². The van der Waals surface area contributed by atoms with E-state index in [0.717, 1.165) is 6.20 Å². The van der Waals surface area contributed by atoms with E-state index in [1.807, 2.05) is 0 Å². The molecule has 0 saturated carbocycles. The maximum atomic E-state index is 12.0. The van der Waals surface area contributed by atoms with Crippen molar-refractivity contribution in [3.05, 3.63) is 29.2 Å². The highest BCUT2D eigenvalue weighted by Gasteiger charge is 2.27. The minimum Gasteiger partial charge on any atom is -0.618 e. The van der Waals surface area contributed by atoms with E-state index in [-0.39, 0.29) is 30.9 Å². The van der Waals surface area contributed by atoms with Crippen molar-refractivity contribution in [2.75, 3.05) is 13.3 Å². The number of hydrogen-bond donors (Lipinski definition) is 3. The number of pyridine rings is 1. The number of ether oxygens (including phenoxy) is 1. The monoisotopic (exact) mass is 316 g/mol. The first-order valence-electron chi connectivity index (χ1n) is 6.47. The van der Waals surface area contributed by atoms with E-state index in [9.17, 15) is 19.2 Å². The maximum absolute atomic E-state index is 12.0. The fourth-order valence-corrected chi connectivity index (χ4v) is 1.82. The van der Waals surface area contributed by atoms with Gasteiger partial charge in [-0.2, -0.15) is 4.73 Å². The molecule has 2 atom stereocenters. The molecule has 1 aromatic rings. The zero-order valence-electron chi connectivity index (χ0n) is 11.6. The Balaban J connectivity index is 2.81. The highest BCUT2D eigenvalue weighted by atomic mass is 19.1. The third-order valence-electron chi connectivity index (χ3n) is 2.97. The molecule has 0 aromatic carbocycles. The van der Waals surface area contributed by atoms with Crippen LogP contribution in [0.25, 0.3) is 0 Å². The number of halogens is 1. The Bertz CT molecular complexity index is 539. The first-order chi connectivity index (χ1) is 10.3. The van der Waals surface area contributed by atoms with Crippen molar-refractivity contribution in [1.29, 1.82) is 0 Å². The summed E-state index contributed by atoms with van der Waals surface area (Å²) in [6, 6.07) is 1.44. The van der Waals surface area contributed by atoms with Crippen molar-refractivity contribution >= 4 is 11.9 Å². The van der Waals surface area contributed by atoms with Crippen LogP contribution in [0.2, 0.25) is 0 Å². The van der Waals surface area contributed by atoms with Crippen molar-refractivity contribution in [2.24, 2.45) is 11.7 Å². The molecule has 122 valence electrons. The number of aromatic nitrogens is 1. The molecule has 0 radical (unpaired) electrons. The van der Waals surface area contributed by atoms with Gasteiger partial charge < -0.3 is 25.9 Å². The Labute approximate surface area is 125 Å². The standard InChI is InChI=1S/C13H17FN2O6/c14-3-4-22-10-2-1-9(16(21)7-10)5-8(12(17)18)6-11(15)13(19)20/h1-2,7-8,11H,3-6,15H2,(H,17,18)(H,19,20)/t8-,11-/m0/s1. The summed E-state index contributed by atoms with van der Waals surface area (Å²) < 4.78 is 17.3. The predicted octanol–water partition coefficient (Wildman–Crippen LogP) is -0.286. The van der Waals surface area contributed by atoms with Crippen LogP contribution < -0.4 is 15.2 Å². The minimum atomic E-state index is -1.33. The number of hydrogen-bond acceptors (Lipinski definition) is 5. The van der Waals surface area contributed by atoms with Crippen LogP contribution in [0.4, 0.5) is 4.39 Å². The molecule has 0 fully saturated rings. The normalized spacial score (nSPS) is 13.4. The van der Waals surface area contributed by atoms with Crippen LogP contribution in [-0.4, -0.2) is 41.5 Å². The minimum absolute atomic E-state index is 0.123. The lowest BCUT2D eigenvalue weighted by Gasteiger charge is -2.15. The van der Waals surface area contributed by atoms with Crippen molar-refractivity contribution in [3.8, 4) is 5.75 Å². The summed E-state index contributed by atoms with van der Waals surface area (Å²) in [6.07, 6.45) is 0.578. The Morgan fingerprint density at radius 1 is 1.36 bits per heavy atom. The Morgan fingerprint density at radius 3 is 2.55 bits per heavy atom. The average Bonchev–Trinajstić information content (AvgIpc) is 2.46. The molecule has 1 heterocycles. The molecule has 0 saturated heterocycles. The van der Waals surface area contributed by atoms with Crippen molar-refractivity contribution in [3.63, 3.8) is 0 Å². The number of carboxylic acid groups (broad SMARTS) is 2. The van der Waals surface area contributed by atoms with Gasteiger partial charge >= 0.3 is 11.9 Å². The molecule has 0 aliphatic carbocycles. The Kier molecular flexibility index (Phi) is 6.51. The first kappa shape index (κ1) is 17.6. The molecule has 0 aliphatic heterocycles. The first-order valence-corrected chi connectivity index (χ1v) is 6.47. The van der Waals surface area contributed by atoms with Gasteiger partial charge in [0, 0.05) is 12.5 Å². The molecule has 0 amide bonds. The fourth-order valence-electron chi connectivity index (χ4n) is 1.82. The molecule has 9 heteroatoms. The highest BCUT2D eigenvalue weighted by molar-refractivity contribution is 5.75. The van der Waals surface area contributed by atoms with Crippen LogP contribution in [0.3, 0.4) is 0 Å². The van der Waals surface area contributed by atoms with Gasteiger partial charge in [-0.15, -0.1) is 0 Å². The third kappa shape index (κ3) is 5.17. The lowest BCUT2D eigenvalue weighted by molar-refractivity contribution is -0.614. The summed E-state index contributed by atoms with van der Waals surface area (Å²) >= 11 is 0. The van der Waals surface area contributed by atoms with E-state index in [2.05, 4.69) is 0 Å². The predicted molar refractivity (Wildman–Crippen MR) is 71.9 cm³/mol. The Morgan fingerprint density at radius 2 is 2.05 bits per heavy atom. The summed E-state index contributed by atoms with van der Waals surface area (Å²) in [7, 11) is 0. The molecule has 1 rings (SSSR count). The van der Waals surface area contributed by atoms with Crippen LogP contribution in [0.5, 0.6) is 5.75 Å². The number of rotatable bonds is 9. The number of carbonyl (C=O) groups is 2. The SMILES string of the molecule is N[C@@H](C[C@H](Cc1ccc(OCCF)c[n+]1[O-])C(=O)O)C(=O)O. The van der Waals surface area contributed by atoms with E-state index in [0.29, 0.717) is 4.73 Å².